The molecule has 94 valence electrons. The summed E-state index contributed by atoms with van der Waals surface area (Å²) in [5.74, 6) is -0.783. The summed E-state index contributed by atoms with van der Waals surface area (Å²) in [6.45, 7) is 1.97. The molecular formula is C13H18O4. The van der Waals surface area contributed by atoms with Crippen LogP contribution in [0.2, 0.25) is 0 Å². The van der Waals surface area contributed by atoms with Gasteiger partial charge in [-0.2, -0.15) is 0 Å². The van der Waals surface area contributed by atoms with E-state index >= 15 is 0 Å². The molecule has 0 heterocycles. The molecule has 4 heteroatoms. The van der Waals surface area contributed by atoms with Gasteiger partial charge in [0.1, 0.15) is 6.61 Å². The van der Waals surface area contributed by atoms with Crippen molar-refractivity contribution in [1.82, 2.24) is 0 Å². The number of hydrogen-bond donors (Lipinski definition) is 2. The van der Waals surface area contributed by atoms with Crippen molar-refractivity contribution in [3.05, 3.63) is 35.9 Å². The van der Waals surface area contributed by atoms with Gasteiger partial charge in [0.2, 0.25) is 0 Å². The summed E-state index contributed by atoms with van der Waals surface area (Å²) >= 11 is 0. The van der Waals surface area contributed by atoms with Crippen LogP contribution in [0.5, 0.6) is 0 Å². The fraction of sp³-hybridized carbons (Fsp3) is 0.462. The van der Waals surface area contributed by atoms with Crippen molar-refractivity contribution in [1.29, 1.82) is 0 Å². The minimum Gasteiger partial charge on any atom is -0.459 e. The van der Waals surface area contributed by atoms with Gasteiger partial charge in [0.05, 0.1) is 6.10 Å². The van der Waals surface area contributed by atoms with Crippen LogP contribution >= 0.6 is 0 Å². The summed E-state index contributed by atoms with van der Waals surface area (Å²) in [5, 5.41) is 18.9. The third-order valence-electron chi connectivity index (χ3n) is 2.41. The Balaban J connectivity index is 2.39. The predicted molar refractivity (Wildman–Crippen MR) is 63.2 cm³/mol. The molecule has 1 rings (SSSR count). The van der Waals surface area contributed by atoms with Gasteiger partial charge in [-0.3, -0.25) is 0 Å². The van der Waals surface area contributed by atoms with Gasteiger partial charge in [-0.1, -0.05) is 43.7 Å². The van der Waals surface area contributed by atoms with Crippen LogP contribution in [0.4, 0.5) is 0 Å². The van der Waals surface area contributed by atoms with Crippen molar-refractivity contribution < 1.29 is 19.7 Å². The van der Waals surface area contributed by atoms with Crippen LogP contribution in [0, 0.1) is 0 Å². The highest BCUT2D eigenvalue weighted by Gasteiger charge is 2.24. The second kappa shape index (κ2) is 7.04. The zero-order valence-electron chi connectivity index (χ0n) is 9.87. The summed E-state index contributed by atoms with van der Waals surface area (Å²) in [6.07, 6.45) is -1.44. The van der Waals surface area contributed by atoms with Gasteiger partial charge >= 0.3 is 5.97 Å². The standard InChI is InChI=1S/C13H18O4/c1-2-6-11(14)12(15)13(16)17-9-10-7-4-3-5-8-10/h3-5,7-8,11-12,14-15H,2,6,9H2,1H3/t11-,12+/m0/s1. The number of ether oxygens (including phenoxy) is 1. The zero-order chi connectivity index (χ0) is 12.7. The van der Waals surface area contributed by atoms with E-state index in [2.05, 4.69) is 0 Å². The Morgan fingerprint density at radius 1 is 1.29 bits per heavy atom. The smallest absolute Gasteiger partial charge is 0.338 e. The SMILES string of the molecule is CCC[C@H](O)[C@@H](O)C(=O)OCc1ccccc1. The van der Waals surface area contributed by atoms with Crippen molar-refractivity contribution in [2.75, 3.05) is 0 Å². The summed E-state index contributed by atoms with van der Waals surface area (Å²) in [7, 11) is 0. The van der Waals surface area contributed by atoms with Crippen LogP contribution in [0.1, 0.15) is 25.3 Å². The molecule has 0 unspecified atom stereocenters. The largest absolute Gasteiger partial charge is 0.459 e. The number of carbonyl (C=O) groups is 1. The topological polar surface area (TPSA) is 66.8 Å². The number of benzene rings is 1. The summed E-state index contributed by atoms with van der Waals surface area (Å²) in [6, 6.07) is 9.19. The maximum absolute atomic E-state index is 11.4. The molecule has 0 aromatic heterocycles. The lowest BCUT2D eigenvalue weighted by atomic mass is 10.1. The number of carbonyl (C=O) groups excluding carboxylic acids is 1. The van der Waals surface area contributed by atoms with Crippen LogP contribution in [-0.4, -0.2) is 28.4 Å². The first-order valence-corrected chi connectivity index (χ1v) is 5.71. The summed E-state index contributed by atoms with van der Waals surface area (Å²) < 4.78 is 4.91. The van der Waals surface area contributed by atoms with E-state index in [0.29, 0.717) is 12.8 Å². The first kappa shape index (κ1) is 13.7. The van der Waals surface area contributed by atoms with E-state index in [1.165, 1.54) is 0 Å². The Morgan fingerprint density at radius 3 is 2.53 bits per heavy atom. The first-order valence-electron chi connectivity index (χ1n) is 5.71. The molecule has 0 fully saturated rings. The third kappa shape index (κ3) is 4.54. The van der Waals surface area contributed by atoms with Crippen molar-refractivity contribution in [2.24, 2.45) is 0 Å². The molecule has 0 aliphatic heterocycles. The van der Waals surface area contributed by atoms with E-state index in [1.807, 2.05) is 37.3 Å². The summed E-state index contributed by atoms with van der Waals surface area (Å²) in [5.41, 5.74) is 0.845. The fourth-order valence-electron chi connectivity index (χ4n) is 1.42. The van der Waals surface area contributed by atoms with Gasteiger partial charge in [-0.05, 0) is 12.0 Å². The highest BCUT2D eigenvalue weighted by molar-refractivity contribution is 5.75. The van der Waals surface area contributed by atoms with Crippen LogP contribution in [0.3, 0.4) is 0 Å². The minimum absolute atomic E-state index is 0.107. The van der Waals surface area contributed by atoms with Gasteiger partial charge in [0, 0.05) is 0 Å². The number of rotatable bonds is 6. The predicted octanol–water partition coefficient (Wildman–Crippen LogP) is 1.25. The average Bonchev–Trinajstić information content (AvgIpc) is 2.36. The van der Waals surface area contributed by atoms with E-state index in [9.17, 15) is 15.0 Å². The molecule has 0 aliphatic rings. The molecule has 0 saturated heterocycles. The molecule has 2 N–H and O–H groups in total. The van der Waals surface area contributed by atoms with Crippen molar-refractivity contribution in [2.45, 2.75) is 38.6 Å². The molecule has 0 radical (unpaired) electrons. The van der Waals surface area contributed by atoms with E-state index in [4.69, 9.17) is 4.74 Å². The van der Waals surface area contributed by atoms with Gasteiger partial charge in [-0.15, -0.1) is 0 Å². The molecule has 0 amide bonds. The molecule has 4 nitrogen and oxygen atoms in total. The molecule has 17 heavy (non-hydrogen) atoms. The van der Waals surface area contributed by atoms with Crippen LogP contribution in [0.15, 0.2) is 30.3 Å². The monoisotopic (exact) mass is 238 g/mol. The van der Waals surface area contributed by atoms with Gasteiger partial charge in [-0.25, -0.2) is 4.79 Å². The molecule has 0 spiro atoms. The van der Waals surface area contributed by atoms with Crippen molar-refractivity contribution >= 4 is 5.97 Å². The molecule has 1 aromatic carbocycles. The third-order valence-corrected chi connectivity index (χ3v) is 2.41. The highest BCUT2D eigenvalue weighted by Crippen LogP contribution is 2.06. The number of aliphatic hydroxyl groups excluding tert-OH is 2. The van der Waals surface area contributed by atoms with Crippen LogP contribution in [0.25, 0.3) is 0 Å². The van der Waals surface area contributed by atoms with Crippen molar-refractivity contribution in [3.63, 3.8) is 0 Å². The van der Waals surface area contributed by atoms with E-state index in [1.54, 1.807) is 0 Å². The molecule has 2 atom stereocenters. The molecular weight excluding hydrogens is 220 g/mol. The summed E-state index contributed by atoms with van der Waals surface area (Å²) in [4.78, 5) is 11.4. The van der Waals surface area contributed by atoms with Gasteiger partial charge in [0.15, 0.2) is 6.10 Å². The Morgan fingerprint density at radius 2 is 1.94 bits per heavy atom. The highest BCUT2D eigenvalue weighted by atomic mass is 16.5. The molecule has 1 aromatic rings. The van der Waals surface area contributed by atoms with Crippen molar-refractivity contribution in [3.8, 4) is 0 Å². The van der Waals surface area contributed by atoms with E-state index < -0.39 is 18.2 Å². The Kier molecular flexibility index (Phi) is 5.66. The average molecular weight is 238 g/mol. The maximum Gasteiger partial charge on any atom is 0.338 e. The fourth-order valence-corrected chi connectivity index (χ4v) is 1.42. The van der Waals surface area contributed by atoms with E-state index in [-0.39, 0.29) is 6.61 Å². The van der Waals surface area contributed by atoms with Crippen LogP contribution in [-0.2, 0) is 16.1 Å². The second-order valence-electron chi connectivity index (χ2n) is 3.89. The lowest BCUT2D eigenvalue weighted by Crippen LogP contribution is -2.35. The quantitative estimate of drug-likeness (QED) is 0.732. The van der Waals surface area contributed by atoms with E-state index in [0.717, 1.165) is 5.56 Å². The first-order chi connectivity index (χ1) is 8.15. The zero-order valence-corrected chi connectivity index (χ0v) is 9.87. The molecule has 0 aliphatic carbocycles. The normalized spacial score (nSPS) is 14.1. The Bertz CT molecular complexity index is 337. The Hall–Kier alpha value is -1.39. The van der Waals surface area contributed by atoms with Crippen LogP contribution < -0.4 is 0 Å². The number of esters is 1. The van der Waals surface area contributed by atoms with Gasteiger partial charge < -0.3 is 14.9 Å². The second-order valence-corrected chi connectivity index (χ2v) is 3.89. The minimum atomic E-state index is -1.46. The molecule has 0 saturated carbocycles. The lowest BCUT2D eigenvalue weighted by molar-refractivity contribution is -0.161. The lowest BCUT2D eigenvalue weighted by Gasteiger charge is -2.15. The Labute approximate surface area is 101 Å². The number of hydrogen-bond acceptors (Lipinski definition) is 4. The molecule has 0 bridgehead atoms. The van der Waals surface area contributed by atoms with Gasteiger partial charge in [0.25, 0.3) is 0 Å². The maximum atomic E-state index is 11.4. The number of aliphatic hydroxyl groups is 2.